The van der Waals surface area contributed by atoms with Gasteiger partial charge in [-0.05, 0) is 0 Å². The smallest absolute Gasteiger partial charge is 0.187 e. The first kappa shape index (κ1) is 18.9. The largest absolute Gasteiger partial charge is 0.394 e. The van der Waals surface area contributed by atoms with Gasteiger partial charge in [0.25, 0.3) is 0 Å². The van der Waals surface area contributed by atoms with E-state index in [1.807, 2.05) is 0 Å². The average molecular weight is 342 g/mol. The standard InChI is InChI=1S/C12H22O11/c13-1-3-5(15)6(16)9(19)12(22-3)23-10-4(2-14)21-11(20)8(18)7(10)17/h3-20H,1-2H2/t3-,4-,5-,6+,7-,8+,9+,10-,11+,12+/m0/s1. The maximum Gasteiger partial charge on any atom is 0.187 e. The van der Waals surface area contributed by atoms with Crippen molar-refractivity contribution >= 4 is 0 Å². The highest BCUT2D eigenvalue weighted by molar-refractivity contribution is 4.93. The predicted octanol–water partition coefficient (Wildman–Crippen LogP) is -5.40. The maximum absolute atomic E-state index is 9.94. The summed E-state index contributed by atoms with van der Waals surface area (Å²) in [6.07, 6.45) is -15.6. The Balaban J connectivity index is 2.11. The molecule has 0 saturated carbocycles. The summed E-state index contributed by atoms with van der Waals surface area (Å²) < 4.78 is 15.3. The number of aliphatic hydroxyl groups is 8. The van der Waals surface area contributed by atoms with Gasteiger partial charge in [0.1, 0.15) is 48.8 Å². The lowest BCUT2D eigenvalue weighted by Gasteiger charge is -2.45. The zero-order chi connectivity index (χ0) is 17.3. The molecule has 0 bridgehead atoms. The van der Waals surface area contributed by atoms with E-state index >= 15 is 0 Å². The quantitative estimate of drug-likeness (QED) is 0.243. The Morgan fingerprint density at radius 3 is 1.83 bits per heavy atom. The molecule has 0 unspecified atom stereocenters. The summed E-state index contributed by atoms with van der Waals surface area (Å²) in [6.45, 7) is -1.35. The predicted molar refractivity (Wildman–Crippen MR) is 68.6 cm³/mol. The van der Waals surface area contributed by atoms with Crippen molar-refractivity contribution in [3.63, 3.8) is 0 Å². The summed E-state index contributed by atoms with van der Waals surface area (Å²) in [7, 11) is 0. The molecule has 2 rings (SSSR count). The molecule has 8 N–H and O–H groups in total. The Labute approximate surface area is 130 Å². The number of aliphatic hydroxyl groups excluding tert-OH is 8. The SMILES string of the molecule is OC[C@@H]1O[C@H](O[C@@H]2[C@@H](O)[C@@H](O)[C@H](O)O[C@H]2CO)[C@H](O)[C@H](O)[C@H]1O. The van der Waals surface area contributed by atoms with Gasteiger partial charge in [-0.15, -0.1) is 0 Å². The lowest BCUT2D eigenvalue weighted by molar-refractivity contribution is -0.355. The molecule has 0 radical (unpaired) electrons. The fraction of sp³-hybridized carbons (Fsp3) is 1.00. The van der Waals surface area contributed by atoms with Crippen molar-refractivity contribution in [3.05, 3.63) is 0 Å². The Bertz CT molecular complexity index is 378. The minimum atomic E-state index is -1.74. The molecule has 136 valence electrons. The molecule has 0 amide bonds. The van der Waals surface area contributed by atoms with E-state index in [9.17, 15) is 35.7 Å². The summed E-state index contributed by atoms with van der Waals surface area (Å²) in [6, 6.07) is 0. The van der Waals surface area contributed by atoms with Crippen LogP contribution in [0.3, 0.4) is 0 Å². The van der Waals surface area contributed by atoms with Crippen LogP contribution in [0.5, 0.6) is 0 Å². The van der Waals surface area contributed by atoms with E-state index < -0.39 is 74.6 Å². The van der Waals surface area contributed by atoms with E-state index in [0.717, 1.165) is 0 Å². The van der Waals surface area contributed by atoms with Crippen LogP contribution >= 0.6 is 0 Å². The second-order valence-electron chi connectivity index (χ2n) is 5.53. The number of hydrogen-bond acceptors (Lipinski definition) is 11. The molecule has 0 aromatic heterocycles. The minimum Gasteiger partial charge on any atom is -0.394 e. The first-order valence-corrected chi connectivity index (χ1v) is 7.08. The molecule has 0 spiro atoms. The Morgan fingerprint density at radius 1 is 0.652 bits per heavy atom. The van der Waals surface area contributed by atoms with Crippen LogP contribution in [0.1, 0.15) is 0 Å². The third kappa shape index (κ3) is 3.65. The Kier molecular flexibility index (Phi) is 6.27. The van der Waals surface area contributed by atoms with Crippen molar-refractivity contribution in [2.24, 2.45) is 0 Å². The molecule has 2 heterocycles. The average Bonchev–Trinajstić information content (AvgIpc) is 2.55. The highest BCUT2D eigenvalue weighted by Gasteiger charge is 2.50. The zero-order valence-electron chi connectivity index (χ0n) is 12.0. The third-order valence-corrected chi connectivity index (χ3v) is 3.98. The lowest BCUT2D eigenvalue weighted by Crippen LogP contribution is -2.64. The molecule has 0 aromatic rings. The van der Waals surface area contributed by atoms with E-state index in [4.69, 9.17) is 19.3 Å². The minimum absolute atomic E-state index is 0.667. The van der Waals surface area contributed by atoms with Crippen molar-refractivity contribution in [2.75, 3.05) is 13.2 Å². The van der Waals surface area contributed by atoms with E-state index in [1.165, 1.54) is 0 Å². The second kappa shape index (κ2) is 7.63. The fourth-order valence-corrected chi connectivity index (χ4v) is 2.57. The lowest BCUT2D eigenvalue weighted by atomic mass is 9.97. The molecule has 11 nitrogen and oxygen atoms in total. The van der Waals surface area contributed by atoms with Crippen molar-refractivity contribution in [3.8, 4) is 0 Å². The van der Waals surface area contributed by atoms with Gasteiger partial charge in [0.2, 0.25) is 0 Å². The molecular formula is C12H22O11. The highest BCUT2D eigenvalue weighted by atomic mass is 16.7. The van der Waals surface area contributed by atoms with Crippen molar-refractivity contribution < 1.29 is 55.1 Å². The summed E-state index contributed by atoms with van der Waals surface area (Å²) in [5.74, 6) is 0. The van der Waals surface area contributed by atoms with Gasteiger partial charge in [-0.1, -0.05) is 0 Å². The third-order valence-electron chi connectivity index (χ3n) is 3.98. The van der Waals surface area contributed by atoms with Crippen LogP contribution in [0, 0.1) is 0 Å². The Morgan fingerprint density at radius 2 is 1.26 bits per heavy atom. The van der Waals surface area contributed by atoms with E-state index in [0.29, 0.717) is 0 Å². The number of hydrogen-bond donors (Lipinski definition) is 8. The van der Waals surface area contributed by atoms with Crippen LogP contribution in [0.2, 0.25) is 0 Å². The van der Waals surface area contributed by atoms with Crippen molar-refractivity contribution in [2.45, 2.75) is 61.4 Å². The van der Waals surface area contributed by atoms with Crippen LogP contribution in [0.4, 0.5) is 0 Å². The van der Waals surface area contributed by atoms with Gasteiger partial charge in [-0.25, -0.2) is 0 Å². The van der Waals surface area contributed by atoms with E-state index in [1.54, 1.807) is 0 Å². The van der Waals surface area contributed by atoms with Crippen LogP contribution in [-0.4, -0.2) is 115 Å². The molecular weight excluding hydrogens is 320 g/mol. The van der Waals surface area contributed by atoms with Crippen LogP contribution in [0.15, 0.2) is 0 Å². The monoisotopic (exact) mass is 342 g/mol. The summed E-state index contributed by atoms with van der Waals surface area (Å²) in [5, 5.41) is 76.5. The summed E-state index contributed by atoms with van der Waals surface area (Å²) in [5.41, 5.74) is 0. The molecule has 2 aliphatic heterocycles. The molecule has 0 aromatic carbocycles. The number of rotatable bonds is 4. The summed E-state index contributed by atoms with van der Waals surface area (Å²) >= 11 is 0. The van der Waals surface area contributed by atoms with Gasteiger partial charge in [0.15, 0.2) is 12.6 Å². The summed E-state index contributed by atoms with van der Waals surface area (Å²) in [4.78, 5) is 0. The van der Waals surface area contributed by atoms with Gasteiger partial charge in [0.05, 0.1) is 13.2 Å². The van der Waals surface area contributed by atoms with Crippen LogP contribution in [-0.2, 0) is 14.2 Å². The van der Waals surface area contributed by atoms with Crippen LogP contribution in [0.25, 0.3) is 0 Å². The maximum atomic E-state index is 9.94. The van der Waals surface area contributed by atoms with Crippen LogP contribution < -0.4 is 0 Å². The zero-order valence-corrected chi connectivity index (χ0v) is 12.0. The Hall–Kier alpha value is -0.440. The highest BCUT2D eigenvalue weighted by Crippen LogP contribution is 2.28. The van der Waals surface area contributed by atoms with Gasteiger partial charge in [-0.3, -0.25) is 0 Å². The van der Waals surface area contributed by atoms with Gasteiger partial charge in [-0.2, -0.15) is 0 Å². The van der Waals surface area contributed by atoms with Gasteiger partial charge >= 0.3 is 0 Å². The normalized spacial score (nSPS) is 51.7. The fourth-order valence-electron chi connectivity index (χ4n) is 2.57. The molecule has 23 heavy (non-hydrogen) atoms. The number of ether oxygens (including phenoxy) is 3. The van der Waals surface area contributed by atoms with Gasteiger partial charge < -0.3 is 55.1 Å². The van der Waals surface area contributed by atoms with Gasteiger partial charge in [0, 0.05) is 0 Å². The molecule has 0 aliphatic carbocycles. The van der Waals surface area contributed by atoms with E-state index in [-0.39, 0.29) is 0 Å². The van der Waals surface area contributed by atoms with Crippen molar-refractivity contribution in [1.82, 2.24) is 0 Å². The van der Waals surface area contributed by atoms with Crippen molar-refractivity contribution in [1.29, 1.82) is 0 Å². The molecule has 10 atom stereocenters. The van der Waals surface area contributed by atoms with E-state index in [2.05, 4.69) is 0 Å². The first-order valence-electron chi connectivity index (χ1n) is 7.08. The molecule has 2 saturated heterocycles. The topological polar surface area (TPSA) is 190 Å². The molecule has 11 heteroatoms. The second-order valence-corrected chi connectivity index (χ2v) is 5.53. The molecule has 2 fully saturated rings. The first-order chi connectivity index (χ1) is 10.8. The molecule has 2 aliphatic rings.